The summed E-state index contributed by atoms with van der Waals surface area (Å²) in [4.78, 5) is 11.4. The lowest BCUT2D eigenvalue weighted by Gasteiger charge is -2.00. The summed E-state index contributed by atoms with van der Waals surface area (Å²) in [5, 5.41) is 0. The van der Waals surface area contributed by atoms with Crippen LogP contribution >= 0.6 is 34.4 Å². The van der Waals surface area contributed by atoms with Crippen LogP contribution in [0.4, 0.5) is 0 Å². The zero-order valence-corrected chi connectivity index (χ0v) is 11.1. The molecule has 0 aliphatic heterocycles. The van der Waals surface area contributed by atoms with E-state index in [1.54, 1.807) is 11.8 Å². The van der Waals surface area contributed by atoms with Crippen molar-refractivity contribution >= 4 is 40.1 Å². The first kappa shape index (κ1) is 12.0. The molecule has 0 N–H and O–H groups in total. The van der Waals surface area contributed by atoms with E-state index in [-0.39, 0.29) is 0 Å². The van der Waals surface area contributed by atoms with E-state index < -0.39 is 0 Å². The molecule has 1 aromatic carbocycles. The van der Waals surface area contributed by atoms with Crippen LogP contribution in [0.1, 0.15) is 12.0 Å². The van der Waals surface area contributed by atoms with Gasteiger partial charge in [0.05, 0.1) is 0 Å². The minimum atomic E-state index is 0.334. The molecule has 0 fully saturated rings. The van der Waals surface area contributed by atoms with Gasteiger partial charge in [-0.1, -0.05) is 12.1 Å². The fourth-order valence-corrected chi connectivity index (χ4v) is 1.93. The van der Waals surface area contributed by atoms with E-state index in [2.05, 4.69) is 22.6 Å². The second kappa shape index (κ2) is 6.45. The number of carbonyl (C=O) groups is 1. The normalized spacial score (nSPS) is 10.1. The highest BCUT2D eigenvalue weighted by atomic mass is 127. The minimum Gasteiger partial charge on any atom is -0.299 e. The summed E-state index contributed by atoms with van der Waals surface area (Å²) >= 11 is 3.99. The van der Waals surface area contributed by atoms with Crippen molar-refractivity contribution < 1.29 is 4.79 Å². The number of carbonyl (C=O) groups excluding carboxylic acids is 1. The Balaban J connectivity index is 2.44. The first-order valence-electron chi connectivity index (χ1n) is 4.47. The van der Waals surface area contributed by atoms with Crippen molar-refractivity contribution in [3.63, 3.8) is 0 Å². The van der Waals surface area contributed by atoms with Crippen LogP contribution in [0, 0.1) is 3.57 Å². The molecule has 76 valence electrons. The molecule has 3 heteroatoms. The summed E-state index contributed by atoms with van der Waals surface area (Å²) in [5.41, 5.74) is 1.12. The van der Waals surface area contributed by atoms with Gasteiger partial charge in [-0.25, -0.2) is 0 Å². The summed E-state index contributed by atoms with van der Waals surface area (Å²) < 4.78 is 1.21. The SMILES string of the molecule is CSCCC(=O)Cc1ccc(I)cc1. The van der Waals surface area contributed by atoms with Crippen molar-refractivity contribution in [3.8, 4) is 0 Å². The summed E-state index contributed by atoms with van der Waals surface area (Å²) in [6.45, 7) is 0. The van der Waals surface area contributed by atoms with Crippen LogP contribution in [-0.4, -0.2) is 17.8 Å². The smallest absolute Gasteiger partial charge is 0.138 e. The zero-order chi connectivity index (χ0) is 10.4. The average molecular weight is 320 g/mol. The van der Waals surface area contributed by atoms with Gasteiger partial charge in [0, 0.05) is 16.4 Å². The molecule has 0 saturated heterocycles. The van der Waals surface area contributed by atoms with Gasteiger partial charge in [0.2, 0.25) is 0 Å². The quantitative estimate of drug-likeness (QED) is 0.775. The zero-order valence-electron chi connectivity index (χ0n) is 8.13. The van der Waals surface area contributed by atoms with Crippen molar-refractivity contribution in [1.29, 1.82) is 0 Å². The number of rotatable bonds is 5. The molecule has 0 unspecified atom stereocenters. The molecule has 1 nitrogen and oxygen atoms in total. The Morgan fingerprint density at radius 1 is 1.36 bits per heavy atom. The second-order valence-electron chi connectivity index (χ2n) is 3.08. The molecule has 1 rings (SSSR count). The van der Waals surface area contributed by atoms with Crippen molar-refractivity contribution in [1.82, 2.24) is 0 Å². The van der Waals surface area contributed by atoms with Crippen LogP contribution in [0.3, 0.4) is 0 Å². The second-order valence-corrected chi connectivity index (χ2v) is 5.32. The summed E-state index contributed by atoms with van der Waals surface area (Å²) in [5.74, 6) is 1.27. The first-order valence-corrected chi connectivity index (χ1v) is 6.94. The highest BCUT2D eigenvalue weighted by Crippen LogP contribution is 2.08. The monoisotopic (exact) mass is 320 g/mol. The van der Waals surface area contributed by atoms with Gasteiger partial charge in [-0.2, -0.15) is 11.8 Å². The fraction of sp³-hybridized carbons (Fsp3) is 0.364. The maximum Gasteiger partial charge on any atom is 0.138 e. The highest BCUT2D eigenvalue weighted by molar-refractivity contribution is 14.1. The van der Waals surface area contributed by atoms with Crippen molar-refractivity contribution in [2.75, 3.05) is 12.0 Å². The molecule has 0 aliphatic rings. The number of hydrogen-bond donors (Lipinski definition) is 0. The van der Waals surface area contributed by atoms with Crippen molar-refractivity contribution in [3.05, 3.63) is 33.4 Å². The van der Waals surface area contributed by atoms with Crippen LogP contribution < -0.4 is 0 Å². The Bertz CT molecular complexity index is 295. The lowest BCUT2D eigenvalue weighted by Crippen LogP contribution is -2.03. The third-order valence-electron chi connectivity index (χ3n) is 1.90. The first-order chi connectivity index (χ1) is 6.72. The Morgan fingerprint density at radius 3 is 2.57 bits per heavy atom. The van der Waals surface area contributed by atoms with Gasteiger partial charge in [-0.05, 0) is 52.3 Å². The topological polar surface area (TPSA) is 17.1 Å². The van der Waals surface area contributed by atoms with Crippen LogP contribution in [0.2, 0.25) is 0 Å². The van der Waals surface area contributed by atoms with Gasteiger partial charge in [0.25, 0.3) is 0 Å². The van der Waals surface area contributed by atoms with E-state index in [0.717, 1.165) is 11.3 Å². The van der Waals surface area contributed by atoms with Crippen LogP contribution in [-0.2, 0) is 11.2 Å². The Hall–Kier alpha value is -0.0300. The number of halogens is 1. The maximum atomic E-state index is 11.4. The standard InChI is InChI=1S/C11H13IOS/c1-14-7-6-11(13)8-9-2-4-10(12)5-3-9/h2-5H,6-8H2,1H3. The number of hydrogen-bond acceptors (Lipinski definition) is 2. The average Bonchev–Trinajstić information content (AvgIpc) is 2.18. The van der Waals surface area contributed by atoms with Gasteiger partial charge in [-0.3, -0.25) is 4.79 Å². The molecule has 0 radical (unpaired) electrons. The molecule has 14 heavy (non-hydrogen) atoms. The Morgan fingerprint density at radius 2 is 2.00 bits per heavy atom. The summed E-state index contributed by atoms with van der Waals surface area (Å²) in [6.07, 6.45) is 3.29. The molecular weight excluding hydrogens is 307 g/mol. The third-order valence-corrected chi connectivity index (χ3v) is 3.23. The highest BCUT2D eigenvalue weighted by Gasteiger charge is 2.02. The minimum absolute atomic E-state index is 0.334. The van der Waals surface area contributed by atoms with E-state index in [9.17, 15) is 4.79 Å². The van der Waals surface area contributed by atoms with E-state index >= 15 is 0 Å². The van der Waals surface area contributed by atoms with E-state index in [4.69, 9.17) is 0 Å². The Labute approximate surface area is 103 Å². The van der Waals surface area contributed by atoms with E-state index in [0.29, 0.717) is 18.6 Å². The van der Waals surface area contributed by atoms with Crippen LogP contribution in [0.15, 0.2) is 24.3 Å². The van der Waals surface area contributed by atoms with Gasteiger partial charge in [0.1, 0.15) is 5.78 Å². The third kappa shape index (κ3) is 4.46. The summed E-state index contributed by atoms with van der Waals surface area (Å²) in [7, 11) is 0. The van der Waals surface area contributed by atoms with Crippen LogP contribution in [0.25, 0.3) is 0 Å². The molecular formula is C11H13IOS. The summed E-state index contributed by atoms with van der Waals surface area (Å²) in [6, 6.07) is 8.13. The molecule has 0 aromatic heterocycles. The van der Waals surface area contributed by atoms with Gasteiger partial charge < -0.3 is 0 Å². The van der Waals surface area contributed by atoms with Crippen molar-refractivity contribution in [2.24, 2.45) is 0 Å². The molecule has 1 aromatic rings. The van der Waals surface area contributed by atoms with Gasteiger partial charge in [0.15, 0.2) is 0 Å². The molecule has 0 atom stereocenters. The molecule has 0 aliphatic carbocycles. The lowest BCUT2D eigenvalue weighted by molar-refractivity contribution is -0.118. The predicted octanol–water partition coefficient (Wildman–Crippen LogP) is 3.16. The largest absolute Gasteiger partial charge is 0.299 e. The predicted molar refractivity (Wildman–Crippen MR) is 70.9 cm³/mol. The number of Topliss-reactive ketones (excluding diaryl/α,β-unsaturated/α-hetero) is 1. The molecule has 0 spiro atoms. The van der Waals surface area contributed by atoms with Crippen molar-refractivity contribution in [2.45, 2.75) is 12.8 Å². The number of thioether (sulfide) groups is 1. The number of ketones is 1. The molecule has 0 amide bonds. The maximum absolute atomic E-state index is 11.4. The molecule has 0 heterocycles. The van der Waals surface area contributed by atoms with Gasteiger partial charge >= 0.3 is 0 Å². The lowest BCUT2D eigenvalue weighted by atomic mass is 10.1. The molecule has 0 bridgehead atoms. The molecule has 0 saturated carbocycles. The van der Waals surface area contributed by atoms with Gasteiger partial charge in [-0.15, -0.1) is 0 Å². The van der Waals surface area contributed by atoms with Crippen LogP contribution in [0.5, 0.6) is 0 Å². The van der Waals surface area contributed by atoms with E-state index in [1.165, 1.54) is 3.57 Å². The fourth-order valence-electron chi connectivity index (χ4n) is 1.13. The number of benzene rings is 1. The van der Waals surface area contributed by atoms with E-state index in [1.807, 2.05) is 30.5 Å². The Kier molecular flexibility index (Phi) is 5.55.